The van der Waals surface area contributed by atoms with Crippen LogP contribution >= 0.6 is 11.8 Å². The van der Waals surface area contributed by atoms with Crippen LogP contribution in [0.15, 0.2) is 82.9 Å². The average molecular weight is 529 g/mol. The van der Waals surface area contributed by atoms with Crippen molar-refractivity contribution in [1.29, 1.82) is 0 Å². The molecule has 2 amide bonds. The van der Waals surface area contributed by atoms with E-state index in [1.54, 1.807) is 14.2 Å². The second-order valence-electron chi connectivity index (χ2n) is 9.07. The average Bonchev–Trinajstić information content (AvgIpc) is 3.52. The van der Waals surface area contributed by atoms with Gasteiger partial charge in [-0.3, -0.25) is 9.59 Å². The number of hydrogen-bond acceptors (Lipinski definition) is 7. The molecule has 0 saturated carbocycles. The molecule has 0 radical (unpaired) electrons. The molecule has 2 aliphatic rings. The van der Waals surface area contributed by atoms with Gasteiger partial charge in [-0.25, -0.2) is 5.01 Å². The largest absolute Gasteiger partial charge is 0.497 e. The van der Waals surface area contributed by atoms with E-state index in [2.05, 4.69) is 10.3 Å². The van der Waals surface area contributed by atoms with Crippen molar-refractivity contribution in [2.75, 3.05) is 19.5 Å². The number of methoxy groups -OCH3 is 2. The van der Waals surface area contributed by atoms with Gasteiger partial charge in [0, 0.05) is 18.5 Å². The molecule has 9 heteroatoms. The molecule has 2 atom stereocenters. The third kappa shape index (κ3) is 5.57. The second kappa shape index (κ2) is 11.1. The van der Waals surface area contributed by atoms with Gasteiger partial charge in [0.1, 0.15) is 16.7 Å². The fourth-order valence-corrected chi connectivity index (χ4v) is 5.50. The zero-order valence-electron chi connectivity index (χ0n) is 21.4. The van der Waals surface area contributed by atoms with Crippen LogP contribution in [0.3, 0.4) is 0 Å². The monoisotopic (exact) mass is 528 g/mol. The number of rotatable bonds is 7. The number of benzene rings is 3. The first-order chi connectivity index (χ1) is 18.4. The minimum Gasteiger partial charge on any atom is -0.497 e. The lowest BCUT2D eigenvalue weighted by atomic mass is 9.98. The Kier molecular flexibility index (Phi) is 7.46. The molecule has 0 aromatic heterocycles. The molecule has 0 aliphatic carbocycles. The molecule has 5 rings (SSSR count). The van der Waals surface area contributed by atoms with Gasteiger partial charge in [-0.15, -0.1) is 0 Å². The lowest BCUT2D eigenvalue weighted by Crippen LogP contribution is -2.25. The first kappa shape index (κ1) is 25.5. The lowest BCUT2D eigenvalue weighted by Gasteiger charge is -2.23. The van der Waals surface area contributed by atoms with Crippen LogP contribution in [0.2, 0.25) is 0 Å². The minimum absolute atomic E-state index is 0.0283. The zero-order valence-corrected chi connectivity index (χ0v) is 22.2. The number of hydrazone groups is 1. The van der Waals surface area contributed by atoms with Gasteiger partial charge in [0.2, 0.25) is 5.91 Å². The van der Waals surface area contributed by atoms with Gasteiger partial charge in [0.25, 0.3) is 5.91 Å². The van der Waals surface area contributed by atoms with Crippen LogP contribution in [0.25, 0.3) is 0 Å². The summed E-state index contributed by atoms with van der Waals surface area (Å²) in [6.07, 6.45) is 0.658. The molecule has 1 N–H and O–H groups in total. The van der Waals surface area contributed by atoms with Crippen LogP contribution in [-0.4, -0.2) is 47.2 Å². The van der Waals surface area contributed by atoms with Crippen molar-refractivity contribution in [2.24, 2.45) is 10.1 Å². The molecule has 0 fully saturated rings. The molecule has 2 heterocycles. The maximum atomic E-state index is 12.8. The van der Waals surface area contributed by atoms with Crippen LogP contribution in [0, 0.1) is 6.92 Å². The Balaban J connectivity index is 1.36. The molecule has 8 nitrogen and oxygen atoms in total. The molecule has 3 aromatic carbocycles. The number of carbonyl (C=O) groups excluding carboxylic acids is 2. The van der Waals surface area contributed by atoms with Crippen molar-refractivity contribution in [3.63, 3.8) is 0 Å². The summed E-state index contributed by atoms with van der Waals surface area (Å²) >= 11 is 1.28. The van der Waals surface area contributed by atoms with Gasteiger partial charge in [0.15, 0.2) is 5.17 Å². The summed E-state index contributed by atoms with van der Waals surface area (Å²) in [5.41, 5.74) is 4.62. The highest BCUT2D eigenvalue weighted by Gasteiger charge is 2.39. The summed E-state index contributed by atoms with van der Waals surface area (Å²) in [7, 11) is 3.26. The molecular formula is C29H28N4O4S. The van der Waals surface area contributed by atoms with E-state index in [0.717, 1.165) is 33.9 Å². The van der Waals surface area contributed by atoms with E-state index in [0.29, 0.717) is 17.3 Å². The first-order valence-corrected chi connectivity index (χ1v) is 13.1. The number of anilines is 1. The van der Waals surface area contributed by atoms with Crippen molar-refractivity contribution in [1.82, 2.24) is 5.01 Å². The second-order valence-corrected chi connectivity index (χ2v) is 10.2. The number of nitrogens with one attached hydrogen (secondary N) is 1. The number of hydrogen-bond donors (Lipinski definition) is 1. The maximum absolute atomic E-state index is 12.8. The molecule has 0 bridgehead atoms. The summed E-state index contributed by atoms with van der Waals surface area (Å²) in [5, 5.41) is 9.47. The highest BCUT2D eigenvalue weighted by molar-refractivity contribution is 8.15. The molecule has 194 valence electrons. The Bertz CT molecular complexity index is 1400. The van der Waals surface area contributed by atoms with E-state index in [4.69, 9.17) is 14.6 Å². The highest BCUT2D eigenvalue weighted by Crippen LogP contribution is 2.39. The quantitative estimate of drug-likeness (QED) is 0.454. The number of amidine groups is 1. The number of nitrogens with zero attached hydrogens (tertiary/aromatic N) is 3. The fraction of sp³-hybridized carbons (Fsp3) is 0.241. The van der Waals surface area contributed by atoms with Gasteiger partial charge >= 0.3 is 0 Å². The normalized spacial score (nSPS) is 18.7. The highest BCUT2D eigenvalue weighted by atomic mass is 32.2. The van der Waals surface area contributed by atoms with Crippen molar-refractivity contribution in [3.05, 3.63) is 89.5 Å². The van der Waals surface area contributed by atoms with Gasteiger partial charge in [0.05, 0.1) is 26.0 Å². The smallest absolute Gasteiger partial charge is 0.262 e. The fourth-order valence-electron chi connectivity index (χ4n) is 4.44. The number of aryl methyl sites for hydroxylation is 1. The van der Waals surface area contributed by atoms with Gasteiger partial charge in [-0.1, -0.05) is 36.0 Å². The van der Waals surface area contributed by atoms with E-state index in [-0.39, 0.29) is 24.3 Å². The van der Waals surface area contributed by atoms with E-state index in [9.17, 15) is 9.59 Å². The Morgan fingerprint density at radius 3 is 2.37 bits per heavy atom. The molecule has 0 unspecified atom stereocenters. The Morgan fingerprint density at radius 1 is 1.03 bits per heavy atom. The Morgan fingerprint density at radius 2 is 1.71 bits per heavy atom. The summed E-state index contributed by atoms with van der Waals surface area (Å²) < 4.78 is 10.6. The summed E-state index contributed by atoms with van der Waals surface area (Å²) in [6.45, 7) is 1.96. The first-order valence-electron chi connectivity index (χ1n) is 12.2. The van der Waals surface area contributed by atoms with E-state index >= 15 is 0 Å². The van der Waals surface area contributed by atoms with E-state index in [1.807, 2.05) is 84.7 Å². The third-order valence-electron chi connectivity index (χ3n) is 6.43. The predicted molar refractivity (Wildman–Crippen MR) is 150 cm³/mol. The third-order valence-corrected chi connectivity index (χ3v) is 7.57. The van der Waals surface area contributed by atoms with Crippen LogP contribution in [0.1, 0.15) is 35.6 Å². The molecule has 2 aliphatic heterocycles. The van der Waals surface area contributed by atoms with Crippen molar-refractivity contribution >= 4 is 40.1 Å². The summed E-state index contributed by atoms with van der Waals surface area (Å²) in [5.74, 6) is 0.973. The van der Waals surface area contributed by atoms with Gasteiger partial charge in [-0.05, 0) is 72.1 Å². The number of thioether (sulfide) groups is 1. The predicted octanol–water partition coefficient (Wildman–Crippen LogP) is 5.19. The standard InChI is InChI=1S/C29H28N4O4S/c1-18-5-4-6-21(15-18)30-27(34)17-26-28(35)31-29(38-26)33-25(20-9-13-23(37-3)14-10-20)16-24(32-33)19-7-11-22(36-2)12-8-19/h4-15,25-26H,16-17H2,1-3H3,(H,30,34)/t25-,26+/m1/s1. The molecule has 0 saturated heterocycles. The minimum atomic E-state index is -0.605. The van der Waals surface area contributed by atoms with Gasteiger partial charge < -0.3 is 14.8 Å². The van der Waals surface area contributed by atoms with Crippen molar-refractivity contribution < 1.29 is 19.1 Å². The van der Waals surface area contributed by atoms with Crippen molar-refractivity contribution in [2.45, 2.75) is 31.1 Å². The lowest BCUT2D eigenvalue weighted by molar-refractivity contribution is -0.121. The number of amides is 2. The maximum Gasteiger partial charge on any atom is 0.262 e. The van der Waals surface area contributed by atoms with E-state index in [1.165, 1.54) is 11.8 Å². The van der Waals surface area contributed by atoms with Crippen LogP contribution < -0.4 is 14.8 Å². The SMILES string of the molecule is COc1ccc(C2=NN(C3=NC(=O)[C@H](CC(=O)Nc4cccc(C)c4)S3)[C@@H](c3ccc(OC)cc3)C2)cc1. The van der Waals surface area contributed by atoms with Gasteiger partial charge in [-0.2, -0.15) is 10.1 Å². The number of aliphatic imine (C=N–C) groups is 1. The van der Waals surface area contributed by atoms with Crippen LogP contribution in [-0.2, 0) is 9.59 Å². The molecule has 0 spiro atoms. The number of carbonyl (C=O) groups is 2. The molecule has 3 aromatic rings. The van der Waals surface area contributed by atoms with Crippen LogP contribution in [0.4, 0.5) is 5.69 Å². The number of ether oxygens (including phenoxy) is 2. The summed E-state index contributed by atoms with van der Waals surface area (Å²) in [6, 6.07) is 23.0. The zero-order chi connectivity index (χ0) is 26.6. The molecule has 38 heavy (non-hydrogen) atoms. The van der Waals surface area contributed by atoms with Crippen LogP contribution in [0.5, 0.6) is 11.5 Å². The Hall–Kier alpha value is -4.11. The Labute approximate surface area is 225 Å². The van der Waals surface area contributed by atoms with Crippen molar-refractivity contribution in [3.8, 4) is 11.5 Å². The van der Waals surface area contributed by atoms with E-state index < -0.39 is 5.25 Å². The topological polar surface area (TPSA) is 92.6 Å². The summed E-state index contributed by atoms with van der Waals surface area (Å²) in [4.78, 5) is 29.9. The molecular weight excluding hydrogens is 500 g/mol.